The molecule has 0 aliphatic carbocycles. The minimum atomic E-state index is -4.27. The van der Waals surface area contributed by atoms with Crippen LogP contribution in [0.15, 0.2) is 12.2 Å². The van der Waals surface area contributed by atoms with Gasteiger partial charge in [0.05, 0.1) is 19.8 Å². The van der Waals surface area contributed by atoms with E-state index in [9.17, 15) is 14.3 Å². The predicted octanol–water partition coefficient (Wildman–Crippen LogP) is 11.9. The normalized spacial score (nSPS) is 13.6. The number of phosphoric acid groups is 1. The van der Waals surface area contributed by atoms with Gasteiger partial charge in [-0.15, -0.1) is 0 Å². The Balaban J connectivity index is 3.99. The second-order valence-corrected chi connectivity index (χ2v) is 15.3. The Hall–Kier alpha value is -0.760. The van der Waals surface area contributed by atoms with Gasteiger partial charge in [-0.1, -0.05) is 167 Å². The van der Waals surface area contributed by atoms with Crippen molar-refractivity contribution in [1.82, 2.24) is 0 Å². The standard InChI is InChI=1S/C40H80NO7P/c1-3-5-7-9-11-13-15-17-18-19-20-21-22-24-26-28-30-32-35-45-37-39(38-47-49(43,44)46-36-34-41)48-40(42)33-31-29-27-25-23-16-14-12-10-8-6-4-2/h12,14,39H,3-11,13,15-38,41H2,1-2H3,(H,43,44)/b14-12-. The Bertz CT molecular complexity index is 767. The lowest BCUT2D eigenvalue weighted by Crippen LogP contribution is -2.28. The first-order valence-electron chi connectivity index (χ1n) is 20.7. The lowest BCUT2D eigenvalue weighted by Gasteiger charge is -2.20. The third kappa shape index (κ3) is 38.3. The van der Waals surface area contributed by atoms with Crippen LogP contribution in [0.4, 0.5) is 0 Å². The maximum atomic E-state index is 12.5. The number of hydrogen-bond donors (Lipinski definition) is 2. The monoisotopic (exact) mass is 718 g/mol. The van der Waals surface area contributed by atoms with E-state index >= 15 is 0 Å². The molecule has 0 rings (SSSR count). The predicted molar refractivity (Wildman–Crippen MR) is 206 cm³/mol. The zero-order chi connectivity index (χ0) is 35.9. The van der Waals surface area contributed by atoms with E-state index < -0.39 is 13.9 Å². The molecule has 0 aliphatic heterocycles. The van der Waals surface area contributed by atoms with E-state index in [1.165, 1.54) is 135 Å². The number of nitrogens with two attached hydrogens (primary N) is 1. The van der Waals surface area contributed by atoms with Crippen LogP contribution in [0.2, 0.25) is 0 Å². The molecule has 2 unspecified atom stereocenters. The Morgan fingerprint density at radius 2 is 1.02 bits per heavy atom. The van der Waals surface area contributed by atoms with Crippen molar-refractivity contribution in [2.24, 2.45) is 5.73 Å². The number of ether oxygens (including phenoxy) is 2. The minimum Gasteiger partial charge on any atom is -0.457 e. The highest BCUT2D eigenvalue weighted by molar-refractivity contribution is 7.47. The summed E-state index contributed by atoms with van der Waals surface area (Å²) in [4.78, 5) is 22.4. The van der Waals surface area contributed by atoms with E-state index in [-0.39, 0.29) is 32.3 Å². The Kier molecular flexibility index (Phi) is 37.9. The second-order valence-electron chi connectivity index (χ2n) is 13.9. The van der Waals surface area contributed by atoms with Crippen LogP contribution in [-0.4, -0.2) is 49.9 Å². The second kappa shape index (κ2) is 38.5. The van der Waals surface area contributed by atoms with Gasteiger partial charge in [-0.2, -0.15) is 0 Å². The van der Waals surface area contributed by atoms with E-state index in [1.54, 1.807) is 0 Å². The molecule has 292 valence electrons. The van der Waals surface area contributed by atoms with Crippen LogP contribution in [0.3, 0.4) is 0 Å². The van der Waals surface area contributed by atoms with Gasteiger partial charge in [0.15, 0.2) is 0 Å². The molecule has 0 radical (unpaired) electrons. The van der Waals surface area contributed by atoms with E-state index in [2.05, 4.69) is 26.0 Å². The fraction of sp³-hybridized carbons (Fsp3) is 0.925. The van der Waals surface area contributed by atoms with E-state index in [0.29, 0.717) is 13.0 Å². The van der Waals surface area contributed by atoms with Gasteiger partial charge < -0.3 is 20.1 Å². The van der Waals surface area contributed by atoms with Crippen molar-refractivity contribution in [3.8, 4) is 0 Å². The van der Waals surface area contributed by atoms with Crippen LogP contribution >= 0.6 is 7.82 Å². The van der Waals surface area contributed by atoms with E-state index in [4.69, 9.17) is 24.3 Å². The number of carbonyl (C=O) groups is 1. The molecule has 0 saturated carbocycles. The highest BCUT2D eigenvalue weighted by Crippen LogP contribution is 2.43. The lowest BCUT2D eigenvalue weighted by molar-refractivity contribution is -0.154. The van der Waals surface area contributed by atoms with E-state index in [1.807, 2.05) is 0 Å². The van der Waals surface area contributed by atoms with Crippen LogP contribution in [0.25, 0.3) is 0 Å². The molecule has 0 amide bonds. The fourth-order valence-corrected chi connectivity index (χ4v) is 6.64. The summed E-state index contributed by atoms with van der Waals surface area (Å²) in [6.07, 6.45) is 39.4. The van der Waals surface area contributed by atoms with Crippen LogP contribution < -0.4 is 5.73 Å². The summed E-state index contributed by atoms with van der Waals surface area (Å²) >= 11 is 0. The Labute approximate surface area is 303 Å². The van der Waals surface area contributed by atoms with Gasteiger partial charge in [-0.05, 0) is 38.5 Å². The molecule has 0 bridgehead atoms. The average Bonchev–Trinajstić information content (AvgIpc) is 3.09. The van der Waals surface area contributed by atoms with Crippen molar-refractivity contribution in [3.05, 3.63) is 12.2 Å². The summed E-state index contributed by atoms with van der Waals surface area (Å²) in [5.41, 5.74) is 5.36. The third-order valence-electron chi connectivity index (χ3n) is 8.93. The SMILES string of the molecule is CCCCC/C=C\CCCCCCCC(=O)OC(COCCCCCCCCCCCCCCCCCCCC)COP(=O)(O)OCCN. The van der Waals surface area contributed by atoms with Crippen LogP contribution in [0.1, 0.15) is 200 Å². The first-order chi connectivity index (χ1) is 23.9. The zero-order valence-corrected chi connectivity index (χ0v) is 33.1. The number of allylic oxidation sites excluding steroid dienone is 2. The largest absolute Gasteiger partial charge is 0.472 e. The first kappa shape index (κ1) is 48.2. The Morgan fingerprint density at radius 3 is 1.53 bits per heavy atom. The highest BCUT2D eigenvalue weighted by atomic mass is 31.2. The molecule has 0 heterocycles. The van der Waals surface area contributed by atoms with Crippen molar-refractivity contribution < 1.29 is 32.8 Å². The van der Waals surface area contributed by atoms with Gasteiger partial charge in [-0.25, -0.2) is 4.57 Å². The van der Waals surface area contributed by atoms with Gasteiger partial charge in [0, 0.05) is 19.6 Å². The molecule has 0 aromatic heterocycles. The molecule has 49 heavy (non-hydrogen) atoms. The molecule has 8 nitrogen and oxygen atoms in total. The van der Waals surface area contributed by atoms with Crippen molar-refractivity contribution in [3.63, 3.8) is 0 Å². The van der Waals surface area contributed by atoms with Crippen LogP contribution in [-0.2, 0) is 27.9 Å². The molecular weight excluding hydrogens is 637 g/mol. The quantitative estimate of drug-likeness (QED) is 0.0278. The summed E-state index contributed by atoms with van der Waals surface area (Å²) in [5.74, 6) is -0.337. The van der Waals surface area contributed by atoms with E-state index in [0.717, 1.165) is 44.9 Å². The van der Waals surface area contributed by atoms with Crippen molar-refractivity contribution in [2.75, 3.05) is 33.0 Å². The number of rotatable bonds is 40. The molecule has 9 heteroatoms. The summed E-state index contributed by atoms with van der Waals surface area (Å²) < 4.78 is 33.3. The molecule has 0 spiro atoms. The molecule has 3 N–H and O–H groups in total. The van der Waals surface area contributed by atoms with Crippen LogP contribution in [0, 0.1) is 0 Å². The van der Waals surface area contributed by atoms with Crippen molar-refractivity contribution in [2.45, 2.75) is 206 Å². The molecule has 0 aromatic carbocycles. The van der Waals surface area contributed by atoms with Gasteiger partial charge in [0.2, 0.25) is 0 Å². The summed E-state index contributed by atoms with van der Waals surface area (Å²) in [7, 11) is -4.27. The minimum absolute atomic E-state index is 0.0939. The molecular formula is C40H80NO7P. The number of esters is 1. The average molecular weight is 718 g/mol. The van der Waals surface area contributed by atoms with Gasteiger partial charge >= 0.3 is 13.8 Å². The zero-order valence-electron chi connectivity index (χ0n) is 32.2. The number of phosphoric ester groups is 1. The number of hydrogen-bond acceptors (Lipinski definition) is 7. The maximum absolute atomic E-state index is 12.5. The maximum Gasteiger partial charge on any atom is 0.472 e. The molecule has 2 atom stereocenters. The Morgan fingerprint density at radius 1 is 0.592 bits per heavy atom. The highest BCUT2D eigenvalue weighted by Gasteiger charge is 2.25. The fourth-order valence-electron chi connectivity index (χ4n) is 5.87. The van der Waals surface area contributed by atoms with Crippen molar-refractivity contribution >= 4 is 13.8 Å². The lowest BCUT2D eigenvalue weighted by atomic mass is 10.0. The molecule has 0 aromatic rings. The van der Waals surface area contributed by atoms with Gasteiger partial charge in [0.1, 0.15) is 6.10 Å². The van der Waals surface area contributed by atoms with Crippen molar-refractivity contribution in [1.29, 1.82) is 0 Å². The molecule has 0 aliphatic rings. The van der Waals surface area contributed by atoms with Crippen LogP contribution in [0.5, 0.6) is 0 Å². The number of carbonyl (C=O) groups excluding carboxylic acids is 1. The summed E-state index contributed by atoms with van der Waals surface area (Å²) in [5, 5.41) is 0. The molecule has 0 saturated heterocycles. The van der Waals surface area contributed by atoms with Gasteiger partial charge in [-0.3, -0.25) is 13.8 Å². The van der Waals surface area contributed by atoms with Gasteiger partial charge in [0.25, 0.3) is 0 Å². The first-order valence-corrected chi connectivity index (χ1v) is 22.2. The molecule has 0 fully saturated rings. The number of unbranched alkanes of at least 4 members (excludes halogenated alkanes) is 25. The summed E-state index contributed by atoms with van der Waals surface area (Å²) in [6.45, 7) is 4.92. The topological polar surface area (TPSA) is 117 Å². The summed E-state index contributed by atoms with van der Waals surface area (Å²) in [6, 6.07) is 0. The smallest absolute Gasteiger partial charge is 0.457 e. The third-order valence-corrected chi connectivity index (χ3v) is 9.92.